The van der Waals surface area contributed by atoms with Crippen LogP contribution in [0.15, 0.2) is 28.0 Å². The molecule has 0 amide bonds. The lowest BCUT2D eigenvalue weighted by molar-refractivity contribution is -0.140. The van der Waals surface area contributed by atoms with E-state index in [1.54, 1.807) is 0 Å². The summed E-state index contributed by atoms with van der Waals surface area (Å²) < 4.78 is 67.3. The molecule has 1 aromatic rings. The third-order valence-electron chi connectivity index (χ3n) is 2.07. The van der Waals surface area contributed by atoms with Crippen molar-refractivity contribution in [1.29, 1.82) is 0 Å². The van der Waals surface area contributed by atoms with Crippen molar-refractivity contribution in [2.24, 2.45) is 0 Å². The third-order valence-corrected chi connectivity index (χ3v) is 4.56. The largest absolute Gasteiger partial charge is 0.417 e. The molecule has 19 heavy (non-hydrogen) atoms. The number of thioether (sulfide) groups is 1. The van der Waals surface area contributed by atoms with Gasteiger partial charge in [-0.3, -0.25) is 4.18 Å². The summed E-state index contributed by atoms with van der Waals surface area (Å²) in [5, 5.41) is 0. The van der Waals surface area contributed by atoms with Gasteiger partial charge < -0.3 is 0 Å². The molecule has 0 radical (unpaired) electrons. The van der Waals surface area contributed by atoms with Crippen LogP contribution in [-0.4, -0.2) is 20.8 Å². The van der Waals surface area contributed by atoms with Crippen LogP contribution in [0, 0.1) is 0 Å². The first-order valence-corrected chi connectivity index (χ1v) is 7.90. The number of hydrogen-bond acceptors (Lipinski definition) is 4. The van der Waals surface area contributed by atoms with Crippen molar-refractivity contribution in [3.05, 3.63) is 23.8 Å². The fourth-order valence-corrected chi connectivity index (χ4v) is 3.90. The Hall–Kier alpha value is -0.730. The number of alkyl halides is 3. The molecule has 0 aliphatic carbocycles. The highest BCUT2D eigenvalue weighted by atomic mass is 32.2. The molecule has 0 fully saturated rings. The van der Waals surface area contributed by atoms with Crippen LogP contribution in [-0.2, 0) is 20.5 Å². The van der Waals surface area contributed by atoms with Gasteiger partial charge in [-0.2, -0.15) is 21.6 Å². The summed E-state index contributed by atoms with van der Waals surface area (Å²) in [5.74, 6) is 0. The molecule has 0 spiro atoms. The van der Waals surface area contributed by atoms with Crippen LogP contribution >= 0.6 is 11.8 Å². The normalized spacial score (nSPS) is 13.0. The van der Waals surface area contributed by atoms with Crippen molar-refractivity contribution in [2.45, 2.75) is 35.9 Å². The molecule has 0 unspecified atom stereocenters. The zero-order chi connectivity index (χ0) is 14.8. The Balaban J connectivity index is 3.56. The van der Waals surface area contributed by atoms with E-state index >= 15 is 0 Å². The summed E-state index contributed by atoms with van der Waals surface area (Å²) in [4.78, 5) is -0.806. The molecule has 0 aromatic heterocycles. The molecule has 0 bridgehead atoms. The van der Waals surface area contributed by atoms with E-state index in [-0.39, 0.29) is 4.90 Å². The Morgan fingerprint density at radius 2 is 1.84 bits per heavy atom. The summed E-state index contributed by atoms with van der Waals surface area (Å²) in [5.41, 5.74) is -1.21. The first-order valence-electron chi connectivity index (χ1n) is 5.27. The van der Waals surface area contributed by atoms with E-state index in [0.29, 0.717) is 0 Å². The van der Waals surface area contributed by atoms with Crippen molar-refractivity contribution < 1.29 is 25.8 Å². The molecule has 108 valence electrons. The maximum Gasteiger partial charge on any atom is 0.417 e. The van der Waals surface area contributed by atoms with Gasteiger partial charge >= 0.3 is 6.18 Å². The van der Waals surface area contributed by atoms with Crippen molar-refractivity contribution in [2.75, 3.05) is 6.26 Å². The molecule has 0 N–H and O–H groups in total. The molecule has 3 nitrogen and oxygen atoms in total. The van der Waals surface area contributed by atoms with Gasteiger partial charge in [0.2, 0.25) is 0 Å². The predicted octanol–water partition coefficient (Wildman–Crippen LogP) is 3.54. The quantitative estimate of drug-likeness (QED) is 0.630. The Labute approximate surface area is 114 Å². The Kier molecular flexibility index (Phi) is 4.91. The highest BCUT2D eigenvalue weighted by Crippen LogP contribution is 2.39. The maximum atomic E-state index is 12.9. The van der Waals surface area contributed by atoms with Crippen LogP contribution < -0.4 is 0 Å². The van der Waals surface area contributed by atoms with E-state index in [1.165, 1.54) is 32.2 Å². The fraction of sp³-hybridized carbons (Fsp3) is 0.455. The molecule has 1 rings (SSSR count). The van der Waals surface area contributed by atoms with E-state index in [4.69, 9.17) is 0 Å². The van der Waals surface area contributed by atoms with E-state index < -0.39 is 32.9 Å². The van der Waals surface area contributed by atoms with Crippen molar-refractivity contribution in [3.63, 3.8) is 0 Å². The second kappa shape index (κ2) is 5.72. The number of hydrogen-bond donors (Lipinski definition) is 0. The summed E-state index contributed by atoms with van der Waals surface area (Å²) in [6.07, 6.45) is -3.99. The van der Waals surface area contributed by atoms with Gasteiger partial charge in [-0.1, -0.05) is 6.07 Å². The molecule has 1 aromatic carbocycles. The van der Waals surface area contributed by atoms with E-state index in [1.807, 2.05) is 0 Å². The first kappa shape index (κ1) is 16.3. The SMILES string of the molecule is CSc1cccc(C(F)(F)F)c1S(=O)(=O)OC(C)C. The Morgan fingerprint density at radius 3 is 2.26 bits per heavy atom. The molecule has 0 aliphatic rings. The van der Waals surface area contributed by atoms with Crippen LogP contribution in [0.2, 0.25) is 0 Å². The lowest BCUT2D eigenvalue weighted by Gasteiger charge is -2.17. The van der Waals surface area contributed by atoms with Crippen LogP contribution in [0.4, 0.5) is 13.2 Å². The molecular weight excluding hydrogens is 301 g/mol. The van der Waals surface area contributed by atoms with E-state index in [0.717, 1.165) is 17.8 Å². The van der Waals surface area contributed by atoms with Gasteiger partial charge in [0.25, 0.3) is 10.1 Å². The smallest absolute Gasteiger partial charge is 0.264 e. The highest BCUT2D eigenvalue weighted by Gasteiger charge is 2.39. The molecular formula is C11H13F3O3S2. The molecule has 0 atom stereocenters. The number of rotatable bonds is 4. The van der Waals surface area contributed by atoms with Crippen molar-refractivity contribution in [1.82, 2.24) is 0 Å². The van der Waals surface area contributed by atoms with Gasteiger partial charge in [-0.05, 0) is 32.2 Å². The predicted molar refractivity (Wildman–Crippen MR) is 66.6 cm³/mol. The average Bonchev–Trinajstić information content (AvgIpc) is 2.25. The molecule has 0 saturated heterocycles. The Morgan fingerprint density at radius 1 is 1.26 bits per heavy atom. The minimum atomic E-state index is -4.76. The lowest BCUT2D eigenvalue weighted by atomic mass is 10.2. The minimum Gasteiger partial charge on any atom is -0.264 e. The van der Waals surface area contributed by atoms with Crippen LogP contribution in [0.5, 0.6) is 0 Å². The van der Waals surface area contributed by atoms with E-state index in [9.17, 15) is 21.6 Å². The van der Waals surface area contributed by atoms with Crippen LogP contribution in [0.1, 0.15) is 19.4 Å². The molecule has 0 heterocycles. The van der Waals surface area contributed by atoms with Gasteiger partial charge in [0.15, 0.2) is 0 Å². The zero-order valence-corrected chi connectivity index (χ0v) is 12.1. The number of benzene rings is 1. The molecule has 8 heteroatoms. The molecule has 0 saturated carbocycles. The summed E-state index contributed by atoms with van der Waals surface area (Å²) in [6.45, 7) is 2.87. The summed E-state index contributed by atoms with van der Waals surface area (Å²) in [6, 6.07) is 3.22. The maximum absolute atomic E-state index is 12.9. The minimum absolute atomic E-state index is 0.00970. The summed E-state index contributed by atoms with van der Waals surface area (Å²) >= 11 is 0.920. The van der Waals surface area contributed by atoms with Gasteiger partial charge in [0, 0.05) is 4.90 Å². The standard InChI is InChI=1S/C11H13F3O3S2/c1-7(2)17-19(15,16)10-8(11(12,13)14)5-4-6-9(10)18-3/h4-7H,1-3H3. The number of halogens is 3. The average molecular weight is 314 g/mol. The monoisotopic (exact) mass is 314 g/mol. The second-order valence-electron chi connectivity index (χ2n) is 3.93. The highest BCUT2D eigenvalue weighted by molar-refractivity contribution is 7.99. The zero-order valence-electron chi connectivity index (χ0n) is 10.5. The lowest BCUT2D eigenvalue weighted by Crippen LogP contribution is -2.19. The van der Waals surface area contributed by atoms with Crippen molar-refractivity contribution >= 4 is 21.9 Å². The van der Waals surface area contributed by atoms with Crippen molar-refractivity contribution in [3.8, 4) is 0 Å². The van der Waals surface area contributed by atoms with Crippen LogP contribution in [0.3, 0.4) is 0 Å². The topological polar surface area (TPSA) is 43.4 Å². The summed E-state index contributed by atoms with van der Waals surface area (Å²) in [7, 11) is -4.46. The fourth-order valence-electron chi connectivity index (χ4n) is 1.46. The molecule has 0 aliphatic heterocycles. The third kappa shape index (κ3) is 3.87. The van der Waals surface area contributed by atoms with Crippen LogP contribution in [0.25, 0.3) is 0 Å². The van der Waals surface area contributed by atoms with Gasteiger partial charge in [-0.25, -0.2) is 0 Å². The first-order chi connectivity index (χ1) is 8.59. The van der Waals surface area contributed by atoms with Gasteiger partial charge in [0.05, 0.1) is 11.7 Å². The van der Waals surface area contributed by atoms with E-state index in [2.05, 4.69) is 4.18 Å². The second-order valence-corrected chi connectivity index (χ2v) is 6.29. The Bertz CT molecular complexity index is 551. The van der Waals surface area contributed by atoms with Gasteiger partial charge in [0.1, 0.15) is 4.90 Å². The van der Waals surface area contributed by atoms with Gasteiger partial charge in [-0.15, -0.1) is 11.8 Å².